The number of aromatic nitrogens is 1. The van der Waals surface area contributed by atoms with Crippen LogP contribution in [-0.2, 0) is 0 Å². The smallest absolute Gasteiger partial charge is 0.0586 e. The Hall–Kier alpha value is -0.540. The molecule has 2 aromatic rings. The lowest BCUT2D eigenvalue weighted by molar-refractivity contribution is 1.88. The summed E-state index contributed by atoms with van der Waals surface area (Å²) in [5.74, 6) is 0. The topological polar surface area (TPSA) is 12.9 Å². The zero-order valence-electron chi connectivity index (χ0n) is 4.57. The first-order valence-corrected chi connectivity index (χ1v) is 4.15. The van der Waals surface area contributed by atoms with Crippen molar-refractivity contribution in [3.8, 4) is 0 Å². The Bertz CT molecular complexity index is 285. The number of nitrogens with zero attached hydrogens (tertiary/aromatic N) is 1. The molecule has 0 saturated carbocycles. The van der Waals surface area contributed by atoms with Gasteiger partial charge in [-0.1, -0.05) is 12.1 Å². The van der Waals surface area contributed by atoms with E-state index >= 15 is 0 Å². The van der Waals surface area contributed by atoms with Crippen LogP contribution in [0.5, 0.6) is 0 Å². The summed E-state index contributed by atoms with van der Waals surface area (Å²) in [6.45, 7) is 0. The molecule has 0 N–H and O–H groups in total. The molecular formula is C6H4NS2+. The van der Waals surface area contributed by atoms with E-state index in [4.69, 9.17) is 0 Å². The van der Waals surface area contributed by atoms with Gasteiger partial charge in [0.2, 0.25) is 23.1 Å². The Morgan fingerprint density at radius 2 is 2.22 bits per heavy atom. The van der Waals surface area contributed by atoms with Crippen LogP contribution in [0.2, 0.25) is 0 Å². The Morgan fingerprint density at radius 3 is 3.11 bits per heavy atom. The second-order valence-corrected chi connectivity index (χ2v) is 3.54. The van der Waals surface area contributed by atoms with E-state index in [0.717, 1.165) is 0 Å². The molecule has 0 fully saturated rings. The highest BCUT2D eigenvalue weighted by atomic mass is 32.2. The molecule has 1 aromatic carbocycles. The van der Waals surface area contributed by atoms with Crippen molar-refractivity contribution in [1.29, 1.82) is 0 Å². The van der Waals surface area contributed by atoms with Crippen molar-refractivity contribution in [1.82, 2.24) is 3.76 Å². The fourth-order valence-electron chi connectivity index (χ4n) is 0.700. The second-order valence-electron chi connectivity index (χ2n) is 1.70. The van der Waals surface area contributed by atoms with Gasteiger partial charge in [-0.2, -0.15) is 0 Å². The van der Waals surface area contributed by atoms with Crippen molar-refractivity contribution in [3.63, 3.8) is 0 Å². The van der Waals surface area contributed by atoms with Gasteiger partial charge in [0.05, 0.1) is 3.76 Å². The maximum Gasteiger partial charge on any atom is 0.209 e. The zero-order chi connectivity index (χ0) is 6.10. The zero-order valence-corrected chi connectivity index (χ0v) is 6.21. The van der Waals surface area contributed by atoms with Crippen LogP contribution in [0.15, 0.2) is 24.3 Å². The van der Waals surface area contributed by atoms with Crippen LogP contribution in [0.3, 0.4) is 0 Å². The van der Waals surface area contributed by atoms with E-state index in [2.05, 4.69) is 15.9 Å². The van der Waals surface area contributed by atoms with Gasteiger partial charge in [0, 0.05) is 0 Å². The molecule has 0 aliphatic heterocycles. The van der Waals surface area contributed by atoms with Crippen molar-refractivity contribution in [2.45, 2.75) is 0 Å². The highest BCUT2D eigenvalue weighted by Gasteiger charge is 2.04. The third-order valence-electron chi connectivity index (χ3n) is 1.12. The molecule has 3 heteroatoms. The minimum absolute atomic E-state index is 1.28. The maximum absolute atomic E-state index is 4.08. The summed E-state index contributed by atoms with van der Waals surface area (Å²) in [5, 5.41) is 0. The first-order valence-electron chi connectivity index (χ1n) is 2.60. The Balaban J connectivity index is 2.95. The average Bonchev–Trinajstić information content (AvgIpc) is 2.33. The Morgan fingerprint density at radius 1 is 1.33 bits per heavy atom. The van der Waals surface area contributed by atoms with Crippen molar-refractivity contribution in [2.24, 2.45) is 0 Å². The summed E-state index contributed by atoms with van der Waals surface area (Å²) in [6.07, 6.45) is 0. The van der Waals surface area contributed by atoms with Crippen LogP contribution in [0.25, 0.3) is 9.40 Å². The highest BCUT2D eigenvalue weighted by molar-refractivity contribution is 7.30. The largest absolute Gasteiger partial charge is 0.209 e. The van der Waals surface area contributed by atoms with Gasteiger partial charge in [0.25, 0.3) is 0 Å². The molecule has 1 aromatic heterocycles. The van der Waals surface area contributed by atoms with Gasteiger partial charge in [0.1, 0.15) is 0 Å². The fourth-order valence-corrected chi connectivity index (χ4v) is 2.31. The van der Waals surface area contributed by atoms with E-state index in [1.54, 1.807) is 23.1 Å². The SMILES string of the molecule is c1ccc2[s+]nsc2c1. The van der Waals surface area contributed by atoms with Gasteiger partial charge in [0.15, 0.2) is 9.40 Å². The molecule has 1 nitrogen and oxygen atoms in total. The number of fused-ring (bicyclic) bond motifs is 1. The van der Waals surface area contributed by atoms with E-state index in [0.29, 0.717) is 0 Å². The quantitative estimate of drug-likeness (QED) is 0.531. The molecule has 0 spiro atoms. The number of hydrogen-bond donors (Lipinski definition) is 0. The van der Waals surface area contributed by atoms with Crippen molar-refractivity contribution in [3.05, 3.63) is 24.3 Å². The standard InChI is InChI=1S/C6H4NS2/c1-2-4-6-5(3-1)8-7-9-6/h1-4H/q+1. The summed E-state index contributed by atoms with van der Waals surface area (Å²) in [6, 6.07) is 8.24. The Kier molecular flexibility index (Phi) is 1.17. The van der Waals surface area contributed by atoms with Crippen LogP contribution in [0.1, 0.15) is 0 Å². The fraction of sp³-hybridized carbons (Fsp3) is 0. The maximum atomic E-state index is 4.08. The van der Waals surface area contributed by atoms with Crippen LogP contribution in [0, 0.1) is 0 Å². The monoisotopic (exact) mass is 154 g/mol. The molecule has 0 saturated heterocycles. The van der Waals surface area contributed by atoms with Gasteiger partial charge in [-0.3, -0.25) is 0 Å². The predicted octanol–water partition coefficient (Wildman–Crippen LogP) is 2.64. The molecule has 0 amide bonds. The first kappa shape index (κ1) is 5.26. The molecule has 1 heterocycles. The molecule has 2 rings (SSSR count). The van der Waals surface area contributed by atoms with Crippen molar-refractivity contribution >= 4 is 32.5 Å². The molecule has 0 aliphatic carbocycles. The summed E-state index contributed by atoms with van der Waals surface area (Å²) in [7, 11) is 0. The van der Waals surface area contributed by atoms with Crippen LogP contribution in [0.4, 0.5) is 0 Å². The Labute approximate surface area is 60.9 Å². The summed E-state index contributed by atoms with van der Waals surface area (Å²) >= 11 is 3.11. The van der Waals surface area contributed by atoms with Gasteiger partial charge < -0.3 is 0 Å². The lowest BCUT2D eigenvalue weighted by atomic mass is 10.4. The summed E-state index contributed by atoms with van der Waals surface area (Å²) in [5.41, 5.74) is 0. The van der Waals surface area contributed by atoms with Gasteiger partial charge in [-0.15, -0.1) is 0 Å². The number of benzene rings is 1. The molecule has 0 radical (unpaired) electrons. The van der Waals surface area contributed by atoms with Crippen LogP contribution in [-0.4, -0.2) is 3.76 Å². The molecule has 0 unspecified atom stereocenters. The normalized spacial score (nSPS) is 10.2. The minimum Gasteiger partial charge on any atom is -0.0586 e. The van der Waals surface area contributed by atoms with E-state index in [-0.39, 0.29) is 0 Å². The number of hydrogen-bond acceptors (Lipinski definition) is 2. The third-order valence-corrected chi connectivity index (χ3v) is 2.95. The lowest BCUT2D eigenvalue weighted by Crippen LogP contribution is -1.54. The van der Waals surface area contributed by atoms with Gasteiger partial charge >= 0.3 is 0 Å². The molecule has 0 atom stereocenters. The van der Waals surface area contributed by atoms with Gasteiger partial charge in [-0.05, 0) is 12.1 Å². The van der Waals surface area contributed by atoms with E-state index < -0.39 is 0 Å². The van der Waals surface area contributed by atoms with Crippen LogP contribution < -0.4 is 0 Å². The molecule has 44 valence electrons. The van der Waals surface area contributed by atoms with Crippen molar-refractivity contribution < 1.29 is 0 Å². The second kappa shape index (κ2) is 2.01. The van der Waals surface area contributed by atoms with E-state index in [9.17, 15) is 0 Å². The van der Waals surface area contributed by atoms with E-state index in [1.807, 2.05) is 12.1 Å². The molecule has 9 heavy (non-hydrogen) atoms. The third kappa shape index (κ3) is 0.821. The molecule has 0 aliphatic rings. The average molecular weight is 154 g/mol. The molecule has 0 bridgehead atoms. The minimum atomic E-state index is 1.28. The predicted molar refractivity (Wildman–Crippen MR) is 41.9 cm³/mol. The van der Waals surface area contributed by atoms with Gasteiger partial charge in [-0.25, -0.2) is 0 Å². The highest BCUT2D eigenvalue weighted by Crippen LogP contribution is 2.20. The summed E-state index contributed by atoms with van der Waals surface area (Å²) in [4.78, 5) is 0. The lowest BCUT2D eigenvalue weighted by Gasteiger charge is -1.71. The molecular weight excluding hydrogens is 150 g/mol. The first-order chi connectivity index (χ1) is 4.47. The van der Waals surface area contributed by atoms with E-state index in [1.165, 1.54) is 9.40 Å². The van der Waals surface area contributed by atoms with Crippen LogP contribution >= 0.6 is 23.1 Å². The number of rotatable bonds is 0. The summed E-state index contributed by atoms with van der Waals surface area (Å²) < 4.78 is 6.64. The van der Waals surface area contributed by atoms with Crippen molar-refractivity contribution in [2.75, 3.05) is 0 Å².